The minimum Gasteiger partial charge on any atom is -0.461 e. The molecule has 0 aliphatic rings. The van der Waals surface area contributed by atoms with E-state index in [9.17, 15) is 44.3 Å². The van der Waals surface area contributed by atoms with Gasteiger partial charge in [0.2, 0.25) is 5.41 Å². The molecule has 216 valence electrons. The van der Waals surface area contributed by atoms with E-state index in [0.717, 1.165) is 9.64 Å². The van der Waals surface area contributed by atoms with Gasteiger partial charge in [0, 0.05) is 8.96 Å². The standard InChI is InChI=1S/C23H13F6I3O7S/c24-22(25,26)21(23(27,28)29,10-40(35,36)37)9-38-19(33)13-5-1-3-11-4-2-6-14(17(11)13)20(34)39-18-15(31)7-12(30)8-16(18)32/h1-8H,9-10H2,(H,35,36,37). The molecule has 3 rings (SSSR count). The second kappa shape index (κ2) is 12.0. The maximum atomic E-state index is 13.6. The van der Waals surface area contributed by atoms with Gasteiger partial charge in [-0.2, -0.15) is 34.8 Å². The Labute approximate surface area is 263 Å². The average molecular weight is 928 g/mol. The number of rotatable bonds is 7. The molecule has 1 N–H and O–H groups in total. The van der Waals surface area contributed by atoms with Gasteiger partial charge < -0.3 is 9.47 Å². The second-order valence-corrected chi connectivity index (χ2v) is 13.2. The van der Waals surface area contributed by atoms with Crippen LogP contribution in [-0.4, -0.2) is 49.6 Å². The summed E-state index contributed by atoms with van der Waals surface area (Å²) in [7, 11) is -5.85. The predicted molar refractivity (Wildman–Crippen MR) is 155 cm³/mol. The summed E-state index contributed by atoms with van der Waals surface area (Å²) >= 11 is 5.93. The molecule has 0 radical (unpaired) electrons. The van der Waals surface area contributed by atoms with Crippen molar-refractivity contribution < 1.29 is 58.4 Å². The third-order valence-corrected chi connectivity index (χ3v) is 8.55. The maximum Gasteiger partial charge on any atom is 0.407 e. The van der Waals surface area contributed by atoms with Gasteiger partial charge in [0.05, 0.1) is 18.3 Å². The zero-order valence-electron chi connectivity index (χ0n) is 19.2. The summed E-state index contributed by atoms with van der Waals surface area (Å²) in [5.74, 6) is -5.33. The van der Waals surface area contributed by atoms with Crippen LogP contribution in [0.5, 0.6) is 5.75 Å². The summed E-state index contributed by atoms with van der Waals surface area (Å²) in [6.45, 7) is -2.51. The summed E-state index contributed by atoms with van der Waals surface area (Å²) < 4.78 is 125. The number of esters is 2. The average Bonchev–Trinajstić information content (AvgIpc) is 2.80. The van der Waals surface area contributed by atoms with E-state index >= 15 is 0 Å². The molecule has 0 saturated carbocycles. The number of carbonyl (C=O) groups excluding carboxylic acids is 2. The van der Waals surface area contributed by atoms with Gasteiger partial charge >= 0.3 is 24.3 Å². The molecular formula is C23H13F6I3O7S. The Balaban J connectivity index is 2.06. The second-order valence-electron chi connectivity index (χ2n) is 8.18. The summed E-state index contributed by atoms with van der Waals surface area (Å²) in [5.41, 5.74) is -5.96. The lowest BCUT2D eigenvalue weighted by Crippen LogP contribution is -2.57. The van der Waals surface area contributed by atoms with E-state index in [0.29, 0.717) is 7.14 Å². The molecular weight excluding hydrogens is 915 g/mol. The number of hydrogen-bond acceptors (Lipinski definition) is 6. The Morgan fingerprint density at radius 1 is 0.825 bits per heavy atom. The summed E-state index contributed by atoms with van der Waals surface area (Å²) in [6, 6.07) is 11.2. The Morgan fingerprint density at radius 3 is 1.75 bits per heavy atom. The monoisotopic (exact) mass is 928 g/mol. The molecule has 0 amide bonds. The number of ether oxygens (including phenoxy) is 2. The van der Waals surface area contributed by atoms with Crippen molar-refractivity contribution in [2.45, 2.75) is 12.4 Å². The maximum absolute atomic E-state index is 13.6. The third kappa shape index (κ3) is 7.12. The first kappa shape index (κ1) is 33.0. The van der Waals surface area contributed by atoms with Gasteiger partial charge in [-0.1, -0.05) is 24.3 Å². The molecule has 0 unspecified atom stereocenters. The Hall–Kier alpha value is -1.46. The van der Waals surface area contributed by atoms with Crippen LogP contribution in [0.3, 0.4) is 0 Å². The van der Waals surface area contributed by atoms with E-state index in [-0.39, 0.29) is 22.1 Å². The smallest absolute Gasteiger partial charge is 0.407 e. The van der Waals surface area contributed by atoms with Crippen LogP contribution in [0, 0.1) is 16.1 Å². The molecule has 0 fully saturated rings. The highest BCUT2D eigenvalue weighted by atomic mass is 127. The molecule has 3 aromatic carbocycles. The minimum absolute atomic E-state index is 0.185. The Kier molecular flexibility index (Phi) is 9.94. The Bertz CT molecular complexity index is 1550. The van der Waals surface area contributed by atoms with E-state index in [1.807, 2.05) is 45.2 Å². The van der Waals surface area contributed by atoms with E-state index in [2.05, 4.69) is 27.3 Å². The number of benzene rings is 3. The lowest BCUT2D eigenvalue weighted by atomic mass is 9.89. The van der Waals surface area contributed by atoms with Gasteiger partial charge in [-0.3, -0.25) is 4.55 Å². The first-order chi connectivity index (χ1) is 18.3. The largest absolute Gasteiger partial charge is 0.461 e. The van der Waals surface area contributed by atoms with Gasteiger partial charge in [-0.05, 0) is 97.4 Å². The highest BCUT2D eigenvalue weighted by Crippen LogP contribution is 2.51. The molecule has 0 saturated heterocycles. The molecule has 7 nitrogen and oxygen atoms in total. The highest BCUT2D eigenvalue weighted by Gasteiger charge is 2.73. The van der Waals surface area contributed by atoms with Crippen LogP contribution in [0.2, 0.25) is 0 Å². The molecule has 3 aromatic rings. The van der Waals surface area contributed by atoms with Crippen molar-refractivity contribution in [3.8, 4) is 5.75 Å². The highest BCUT2D eigenvalue weighted by molar-refractivity contribution is 14.1. The van der Waals surface area contributed by atoms with Crippen molar-refractivity contribution in [1.29, 1.82) is 0 Å². The van der Waals surface area contributed by atoms with Crippen LogP contribution >= 0.6 is 67.8 Å². The van der Waals surface area contributed by atoms with Crippen LogP contribution in [-0.2, 0) is 14.9 Å². The fourth-order valence-electron chi connectivity index (χ4n) is 3.56. The van der Waals surface area contributed by atoms with Gasteiger partial charge in [0.15, 0.2) is 5.75 Å². The van der Waals surface area contributed by atoms with Gasteiger partial charge in [0.25, 0.3) is 10.1 Å². The zero-order valence-corrected chi connectivity index (χ0v) is 26.5. The number of hydrogen-bond donors (Lipinski definition) is 1. The fourth-order valence-corrected chi connectivity index (χ4v) is 8.40. The van der Waals surface area contributed by atoms with Gasteiger partial charge in [-0.15, -0.1) is 0 Å². The lowest BCUT2D eigenvalue weighted by molar-refractivity contribution is -0.340. The number of halogens is 9. The molecule has 0 aliphatic heterocycles. The van der Waals surface area contributed by atoms with E-state index in [1.165, 1.54) is 30.3 Å². The molecule has 0 spiro atoms. The first-order valence-corrected chi connectivity index (χ1v) is 15.3. The number of carbonyl (C=O) groups is 2. The molecule has 17 heteroatoms. The predicted octanol–water partition coefficient (Wildman–Crippen LogP) is 7.03. The van der Waals surface area contributed by atoms with Crippen molar-refractivity contribution in [3.05, 3.63) is 70.4 Å². The van der Waals surface area contributed by atoms with Crippen LogP contribution in [0.4, 0.5) is 26.3 Å². The van der Waals surface area contributed by atoms with Crippen molar-refractivity contribution in [2.24, 2.45) is 5.41 Å². The van der Waals surface area contributed by atoms with Crippen molar-refractivity contribution >= 4 is 101 Å². The lowest BCUT2D eigenvalue weighted by Gasteiger charge is -2.35. The summed E-state index contributed by atoms with van der Waals surface area (Å²) in [6.07, 6.45) is -12.6. The van der Waals surface area contributed by atoms with E-state index in [1.54, 1.807) is 12.1 Å². The number of alkyl halides is 6. The zero-order chi connectivity index (χ0) is 30.3. The molecule has 0 bridgehead atoms. The minimum atomic E-state index is -6.29. The normalized spacial score (nSPS) is 12.8. The topological polar surface area (TPSA) is 107 Å². The molecule has 0 aromatic heterocycles. The number of fused-ring (bicyclic) bond motifs is 1. The SMILES string of the molecule is O=C(OCC(CS(=O)(=O)O)(C(F)(F)F)C(F)(F)F)c1cccc2cccc(C(=O)Oc3c(I)cc(I)cc3I)c12. The fraction of sp³-hybridized carbons (Fsp3) is 0.217. The molecule has 0 aliphatic carbocycles. The van der Waals surface area contributed by atoms with Crippen LogP contribution in [0.1, 0.15) is 20.7 Å². The van der Waals surface area contributed by atoms with Crippen LogP contribution in [0.25, 0.3) is 10.8 Å². The Morgan fingerprint density at radius 2 is 1.30 bits per heavy atom. The van der Waals surface area contributed by atoms with Gasteiger partial charge in [-0.25, -0.2) is 9.59 Å². The molecule has 0 atom stereocenters. The van der Waals surface area contributed by atoms with E-state index in [4.69, 9.17) is 9.29 Å². The van der Waals surface area contributed by atoms with Crippen molar-refractivity contribution in [1.82, 2.24) is 0 Å². The molecule has 40 heavy (non-hydrogen) atoms. The summed E-state index contributed by atoms with van der Waals surface area (Å²) in [4.78, 5) is 26.0. The van der Waals surface area contributed by atoms with Crippen molar-refractivity contribution in [3.63, 3.8) is 0 Å². The van der Waals surface area contributed by atoms with Crippen LogP contribution in [0.15, 0.2) is 48.5 Å². The van der Waals surface area contributed by atoms with Crippen LogP contribution < -0.4 is 4.74 Å². The third-order valence-electron chi connectivity index (χ3n) is 5.47. The quantitative estimate of drug-likeness (QED) is 0.0893. The van der Waals surface area contributed by atoms with Crippen molar-refractivity contribution in [2.75, 3.05) is 12.4 Å². The van der Waals surface area contributed by atoms with E-state index < -0.39 is 57.7 Å². The summed E-state index contributed by atoms with van der Waals surface area (Å²) in [5, 5.41) is 0.0154. The molecule has 0 heterocycles. The van der Waals surface area contributed by atoms with Gasteiger partial charge in [0.1, 0.15) is 12.4 Å². The first-order valence-electron chi connectivity index (χ1n) is 10.4.